The van der Waals surface area contributed by atoms with Gasteiger partial charge < -0.3 is 10.2 Å². The molecule has 1 fully saturated rings. The standard InChI is InChI=1S/C13H28N2/c1-5-13(4,10-14-6-2)11-15(7-3)12-8-9-12/h12,14H,5-11H2,1-4H3. The zero-order valence-corrected chi connectivity index (χ0v) is 11.0. The molecule has 1 rings (SSSR count). The number of rotatable bonds is 8. The summed E-state index contributed by atoms with van der Waals surface area (Å²) in [5, 5.41) is 3.50. The van der Waals surface area contributed by atoms with Crippen molar-refractivity contribution in [1.82, 2.24) is 10.2 Å². The Labute approximate surface area is 95.4 Å². The molecule has 0 saturated heterocycles. The minimum atomic E-state index is 0.453. The monoisotopic (exact) mass is 212 g/mol. The van der Waals surface area contributed by atoms with Crippen molar-refractivity contribution in [3.05, 3.63) is 0 Å². The molecule has 1 saturated carbocycles. The van der Waals surface area contributed by atoms with Gasteiger partial charge in [-0.2, -0.15) is 0 Å². The molecule has 2 nitrogen and oxygen atoms in total. The van der Waals surface area contributed by atoms with E-state index in [4.69, 9.17) is 0 Å². The van der Waals surface area contributed by atoms with Gasteiger partial charge in [-0.1, -0.05) is 27.7 Å². The maximum absolute atomic E-state index is 3.50. The molecule has 0 amide bonds. The Bertz CT molecular complexity index is 177. The van der Waals surface area contributed by atoms with Crippen molar-refractivity contribution in [1.29, 1.82) is 0 Å². The Hall–Kier alpha value is -0.0800. The third-order valence-corrected chi connectivity index (χ3v) is 3.71. The fourth-order valence-corrected chi connectivity index (χ4v) is 2.15. The first kappa shape index (κ1) is 13.0. The molecule has 0 aliphatic heterocycles. The van der Waals surface area contributed by atoms with E-state index in [1.807, 2.05) is 0 Å². The van der Waals surface area contributed by atoms with E-state index in [0.29, 0.717) is 5.41 Å². The fraction of sp³-hybridized carbons (Fsp3) is 1.00. The van der Waals surface area contributed by atoms with E-state index in [2.05, 4.69) is 37.9 Å². The second kappa shape index (κ2) is 5.86. The molecule has 0 aromatic carbocycles. The molecule has 1 atom stereocenters. The maximum Gasteiger partial charge on any atom is 0.00965 e. The summed E-state index contributed by atoms with van der Waals surface area (Å²) in [5.41, 5.74) is 0.453. The highest BCUT2D eigenvalue weighted by Gasteiger charge is 2.32. The Morgan fingerprint density at radius 1 is 1.27 bits per heavy atom. The lowest BCUT2D eigenvalue weighted by Crippen LogP contribution is -2.42. The number of hydrogen-bond donors (Lipinski definition) is 1. The van der Waals surface area contributed by atoms with Gasteiger partial charge >= 0.3 is 0 Å². The second-order valence-corrected chi connectivity index (χ2v) is 5.24. The van der Waals surface area contributed by atoms with E-state index in [1.165, 1.54) is 32.4 Å². The van der Waals surface area contributed by atoms with Crippen LogP contribution in [-0.2, 0) is 0 Å². The Kier molecular flexibility index (Phi) is 5.07. The van der Waals surface area contributed by atoms with E-state index in [9.17, 15) is 0 Å². The lowest BCUT2D eigenvalue weighted by molar-refractivity contribution is 0.154. The molecule has 0 aromatic heterocycles. The van der Waals surface area contributed by atoms with Gasteiger partial charge in [0.05, 0.1) is 0 Å². The molecule has 1 N–H and O–H groups in total. The number of nitrogens with one attached hydrogen (secondary N) is 1. The van der Waals surface area contributed by atoms with E-state index in [0.717, 1.165) is 19.1 Å². The zero-order valence-electron chi connectivity index (χ0n) is 11.0. The molecule has 15 heavy (non-hydrogen) atoms. The van der Waals surface area contributed by atoms with Gasteiger partial charge in [-0.25, -0.2) is 0 Å². The smallest absolute Gasteiger partial charge is 0.00965 e. The molecule has 0 bridgehead atoms. The van der Waals surface area contributed by atoms with Crippen LogP contribution in [0.5, 0.6) is 0 Å². The average Bonchev–Trinajstić information content (AvgIpc) is 3.07. The van der Waals surface area contributed by atoms with E-state index in [-0.39, 0.29) is 0 Å². The van der Waals surface area contributed by atoms with Crippen molar-refractivity contribution in [3.8, 4) is 0 Å². The van der Waals surface area contributed by atoms with Crippen LogP contribution >= 0.6 is 0 Å². The maximum atomic E-state index is 3.50. The molecule has 0 heterocycles. The zero-order chi connectivity index (χ0) is 11.3. The van der Waals surface area contributed by atoms with Crippen molar-refractivity contribution in [2.45, 2.75) is 53.0 Å². The van der Waals surface area contributed by atoms with Gasteiger partial charge in [0.2, 0.25) is 0 Å². The van der Waals surface area contributed by atoms with Crippen molar-refractivity contribution >= 4 is 0 Å². The van der Waals surface area contributed by atoms with Gasteiger partial charge in [0.1, 0.15) is 0 Å². The van der Waals surface area contributed by atoms with Crippen LogP contribution in [0.4, 0.5) is 0 Å². The molecule has 90 valence electrons. The van der Waals surface area contributed by atoms with Gasteiger partial charge in [0.25, 0.3) is 0 Å². The van der Waals surface area contributed by atoms with Crippen molar-refractivity contribution in [3.63, 3.8) is 0 Å². The summed E-state index contributed by atoms with van der Waals surface area (Å²) in [6.07, 6.45) is 4.12. The summed E-state index contributed by atoms with van der Waals surface area (Å²) in [4.78, 5) is 2.67. The van der Waals surface area contributed by atoms with E-state index < -0.39 is 0 Å². The van der Waals surface area contributed by atoms with Crippen LogP contribution in [0.2, 0.25) is 0 Å². The highest BCUT2D eigenvalue weighted by Crippen LogP contribution is 2.31. The predicted molar refractivity (Wildman–Crippen MR) is 67.2 cm³/mol. The Balaban J connectivity index is 2.41. The van der Waals surface area contributed by atoms with Crippen LogP contribution in [0.1, 0.15) is 47.0 Å². The lowest BCUT2D eigenvalue weighted by atomic mass is 9.86. The highest BCUT2D eigenvalue weighted by molar-refractivity contribution is 4.88. The van der Waals surface area contributed by atoms with Gasteiger partial charge in [-0.05, 0) is 37.8 Å². The van der Waals surface area contributed by atoms with Crippen LogP contribution < -0.4 is 5.32 Å². The molecule has 0 aromatic rings. The topological polar surface area (TPSA) is 15.3 Å². The third kappa shape index (κ3) is 4.12. The molecule has 0 radical (unpaired) electrons. The van der Waals surface area contributed by atoms with Gasteiger partial charge in [-0.15, -0.1) is 0 Å². The first-order valence-corrected chi connectivity index (χ1v) is 6.60. The van der Waals surface area contributed by atoms with Crippen LogP contribution in [0.3, 0.4) is 0 Å². The summed E-state index contributed by atoms with van der Waals surface area (Å²) >= 11 is 0. The lowest BCUT2D eigenvalue weighted by Gasteiger charge is -2.34. The third-order valence-electron chi connectivity index (χ3n) is 3.71. The summed E-state index contributed by atoms with van der Waals surface area (Å²) in [6.45, 7) is 13.9. The minimum absolute atomic E-state index is 0.453. The predicted octanol–water partition coefficient (Wildman–Crippen LogP) is 2.50. The Morgan fingerprint density at radius 2 is 1.93 bits per heavy atom. The fourth-order valence-electron chi connectivity index (χ4n) is 2.15. The normalized spacial score (nSPS) is 20.6. The molecule has 2 heteroatoms. The molecular weight excluding hydrogens is 184 g/mol. The second-order valence-electron chi connectivity index (χ2n) is 5.24. The molecule has 1 unspecified atom stereocenters. The van der Waals surface area contributed by atoms with E-state index in [1.54, 1.807) is 0 Å². The quantitative estimate of drug-likeness (QED) is 0.665. The van der Waals surface area contributed by atoms with Gasteiger partial charge in [-0.3, -0.25) is 0 Å². The van der Waals surface area contributed by atoms with Gasteiger partial charge in [0.15, 0.2) is 0 Å². The summed E-state index contributed by atoms with van der Waals surface area (Å²) in [5.74, 6) is 0. The summed E-state index contributed by atoms with van der Waals surface area (Å²) in [7, 11) is 0. The Morgan fingerprint density at radius 3 is 2.33 bits per heavy atom. The SMILES string of the molecule is CCNCC(C)(CC)CN(CC)C1CC1. The number of nitrogens with zero attached hydrogens (tertiary/aromatic N) is 1. The van der Waals surface area contributed by atoms with Crippen molar-refractivity contribution < 1.29 is 0 Å². The van der Waals surface area contributed by atoms with Crippen molar-refractivity contribution in [2.24, 2.45) is 5.41 Å². The summed E-state index contributed by atoms with van der Waals surface area (Å²) < 4.78 is 0. The van der Waals surface area contributed by atoms with E-state index >= 15 is 0 Å². The van der Waals surface area contributed by atoms with Crippen LogP contribution in [0.25, 0.3) is 0 Å². The molecule has 1 aliphatic rings. The molecular formula is C13H28N2. The number of hydrogen-bond acceptors (Lipinski definition) is 2. The van der Waals surface area contributed by atoms with Crippen LogP contribution in [0.15, 0.2) is 0 Å². The van der Waals surface area contributed by atoms with Crippen molar-refractivity contribution in [2.75, 3.05) is 26.2 Å². The van der Waals surface area contributed by atoms with Gasteiger partial charge in [0, 0.05) is 19.1 Å². The largest absolute Gasteiger partial charge is 0.316 e. The molecule has 0 spiro atoms. The first-order chi connectivity index (χ1) is 7.15. The van der Waals surface area contributed by atoms with Crippen LogP contribution in [-0.4, -0.2) is 37.1 Å². The van der Waals surface area contributed by atoms with Crippen LogP contribution in [0, 0.1) is 5.41 Å². The highest BCUT2D eigenvalue weighted by atomic mass is 15.2. The first-order valence-electron chi connectivity index (χ1n) is 6.60. The average molecular weight is 212 g/mol. The molecule has 1 aliphatic carbocycles. The minimum Gasteiger partial charge on any atom is -0.316 e. The summed E-state index contributed by atoms with van der Waals surface area (Å²) in [6, 6.07) is 0.905.